The van der Waals surface area contributed by atoms with Gasteiger partial charge in [0.1, 0.15) is 16.8 Å². The Morgan fingerprint density at radius 2 is 1.73 bits per heavy atom. The van der Waals surface area contributed by atoms with E-state index in [2.05, 4.69) is 17.1 Å². The zero-order valence-electron chi connectivity index (χ0n) is 15.6. The summed E-state index contributed by atoms with van der Waals surface area (Å²) < 4.78 is 14.1. The van der Waals surface area contributed by atoms with Crippen LogP contribution < -0.4 is 0 Å². The van der Waals surface area contributed by atoms with Crippen LogP contribution in [0.5, 0.6) is 0 Å². The molecule has 0 saturated carbocycles. The van der Waals surface area contributed by atoms with Crippen molar-refractivity contribution in [3.05, 3.63) is 93.9 Å². The van der Waals surface area contributed by atoms with Gasteiger partial charge in [-0.25, -0.2) is 4.39 Å². The van der Waals surface area contributed by atoms with Crippen LogP contribution in [0.15, 0.2) is 78.2 Å². The van der Waals surface area contributed by atoms with Crippen molar-refractivity contribution in [1.82, 2.24) is 4.98 Å². The third-order valence-electron chi connectivity index (χ3n) is 5.13. The van der Waals surface area contributed by atoms with Crippen molar-refractivity contribution < 1.29 is 4.39 Å². The number of nitrogens with one attached hydrogen (secondary N) is 1. The maximum Gasteiger partial charge on any atom is 0.123 e. The first-order chi connectivity index (χ1) is 14.7. The number of fused-ring (bicyclic) bond motifs is 1. The third-order valence-corrected chi connectivity index (χ3v) is 6.28. The molecule has 0 radical (unpaired) electrons. The number of benzene rings is 3. The quantitative estimate of drug-likeness (QED) is 0.311. The fourth-order valence-electron chi connectivity index (χ4n) is 3.79. The van der Waals surface area contributed by atoms with E-state index >= 15 is 0 Å². The predicted octanol–water partition coefficient (Wildman–Crippen LogP) is 7.89. The fourth-order valence-corrected chi connectivity index (χ4v) is 4.73. The maximum atomic E-state index is 14.1. The molecule has 0 bridgehead atoms. The van der Waals surface area contributed by atoms with Crippen LogP contribution in [0.2, 0.25) is 5.02 Å². The predicted molar refractivity (Wildman–Crippen MR) is 122 cm³/mol. The molecule has 2 aromatic heterocycles. The minimum atomic E-state index is -0.312. The molecule has 5 aromatic rings. The Labute approximate surface area is 181 Å². The van der Waals surface area contributed by atoms with E-state index in [0.29, 0.717) is 9.90 Å². The van der Waals surface area contributed by atoms with Crippen LogP contribution >= 0.6 is 22.9 Å². The highest BCUT2D eigenvalue weighted by Crippen LogP contribution is 2.42. The molecule has 0 unspecified atom stereocenters. The molecule has 0 aliphatic rings. The van der Waals surface area contributed by atoms with Gasteiger partial charge in [-0.15, -0.1) is 11.3 Å². The highest BCUT2D eigenvalue weighted by molar-refractivity contribution is 7.11. The summed E-state index contributed by atoms with van der Waals surface area (Å²) in [5.74, 6) is -0.312. The van der Waals surface area contributed by atoms with E-state index in [1.54, 1.807) is 6.07 Å². The summed E-state index contributed by atoms with van der Waals surface area (Å²) in [4.78, 5) is 4.04. The van der Waals surface area contributed by atoms with Gasteiger partial charge in [0.05, 0.1) is 5.69 Å². The van der Waals surface area contributed by atoms with E-state index in [4.69, 9.17) is 11.6 Å². The lowest BCUT2D eigenvalue weighted by Gasteiger charge is -2.09. The normalized spacial score (nSPS) is 11.0. The summed E-state index contributed by atoms with van der Waals surface area (Å²) in [6, 6.07) is 24.6. The lowest BCUT2D eigenvalue weighted by molar-refractivity contribution is 0.630. The first-order valence-electron chi connectivity index (χ1n) is 9.30. The molecule has 5 heteroatoms. The molecule has 0 amide bonds. The standard InChI is InChI=1S/C25H14ClFN2S/c26-21-7-2-1-6-18(21)15-4-3-5-16(12-15)25-24(19-10-11-30-23(19)14-28)20-13-17(27)8-9-22(20)29-25/h1-13,29H. The lowest BCUT2D eigenvalue weighted by Crippen LogP contribution is -1.86. The first kappa shape index (κ1) is 18.6. The van der Waals surface area contributed by atoms with Crippen molar-refractivity contribution in [3.63, 3.8) is 0 Å². The maximum absolute atomic E-state index is 14.1. The van der Waals surface area contributed by atoms with E-state index in [9.17, 15) is 9.65 Å². The number of nitriles is 1. The number of nitrogens with zero attached hydrogens (tertiary/aromatic N) is 1. The lowest BCUT2D eigenvalue weighted by atomic mass is 9.96. The average molecular weight is 429 g/mol. The van der Waals surface area contributed by atoms with E-state index in [0.717, 1.165) is 44.4 Å². The number of hydrogen-bond donors (Lipinski definition) is 1. The SMILES string of the molecule is N#Cc1sccc1-c1c(-c2cccc(-c3ccccc3Cl)c2)[nH]c2ccc(F)cc12. The second kappa shape index (κ2) is 7.46. The molecule has 0 aliphatic heterocycles. The van der Waals surface area contributed by atoms with Gasteiger partial charge in [-0.2, -0.15) is 5.26 Å². The van der Waals surface area contributed by atoms with Crippen molar-refractivity contribution >= 4 is 33.8 Å². The molecule has 2 nitrogen and oxygen atoms in total. The van der Waals surface area contributed by atoms with Gasteiger partial charge >= 0.3 is 0 Å². The topological polar surface area (TPSA) is 39.6 Å². The molecule has 0 saturated heterocycles. The number of H-pyrrole nitrogens is 1. The van der Waals surface area contributed by atoms with Crippen LogP contribution in [-0.4, -0.2) is 4.98 Å². The molecule has 0 aliphatic carbocycles. The number of thiophene rings is 1. The highest BCUT2D eigenvalue weighted by atomic mass is 35.5. The van der Waals surface area contributed by atoms with Crippen LogP contribution in [-0.2, 0) is 0 Å². The summed E-state index contributed by atoms with van der Waals surface area (Å²) >= 11 is 7.79. The Morgan fingerprint density at radius 3 is 2.57 bits per heavy atom. The van der Waals surface area contributed by atoms with E-state index in [1.165, 1.54) is 23.5 Å². The molecule has 5 rings (SSSR count). The summed E-state index contributed by atoms with van der Waals surface area (Å²) in [7, 11) is 0. The van der Waals surface area contributed by atoms with Gasteiger partial charge in [0.2, 0.25) is 0 Å². The van der Waals surface area contributed by atoms with Crippen molar-refractivity contribution in [3.8, 4) is 39.6 Å². The van der Waals surface area contributed by atoms with Gasteiger partial charge in [0.25, 0.3) is 0 Å². The fraction of sp³-hybridized carbons (Fsp3) is 0. The van der Waals surface area contributed by atoms with Crippen molar-refractivity contribution in [2.45, 2.75) is 0 Å². The molecular formula is C25H14ClFN2S. The Hall–Kier alpha value is -3.39. The number of rotatable bonds is 3. The second-order valence-electron chi connectivity index (χ2n) is 6.90. The van der Waals surface area contributed by atoms with Crippen LogP contribution in [0.25, 0.3) is 44.4 Å². The van der Waals surface area contributed by atoms with E-state index < -0.39 is 0 Å². The molecule has 30 heavy (non-hydrogen) atoms. The third kappa shape index (κ3) is 3.09. The zero-order valence-corrected chi connectivity index (χ0v) is 17.2. The van der Waals surface area contributed by atoms with Crippen molar-refractivity contribution in [2.75, 3.05) is 0 Å². The Kier molecular flexibility index (Phi) is 4.63. The summed E-state index contributed by atoms with van der Waals surface area (Å²) in [5, 5.41) is 12.9. The Morgan fingerprint density at radius 1 is 0.900 bits per heavy atom. The number of aromatic nitrogens is 1. The van der Waals surface area contributed by atoms with Gasteiger partial charge in [-0.05, 0) is 52.9 Å². The van der Waals surface area contributed by atoms with Crippen LogP contribution in [0, 0.1) is 17.1 Å². The summed E-state index contributed by atoms with van der Waals surface area (Å²) in [5.41, 5.74) is 6.17. The monoisotopic (exact) mass is 428 g/mol. The van der Waals surface area contributed by atoms with Gasteiger partial charge in [0.15, 0.2) is 0 Å². The first-order valence-corrected chi connectivity index (χ1v) is 10.6. The van der Waals surface area contributed by atoms with Gasteiger partial charge in [0, 0.05) is 32.6 Å². The van der Waals surface area contributed by atoms with Crippen LogP contribution in [0.1, 0.15) is 4.88 Å². The smallest absolute Gasteiger partial charge is 0.123 e. The van der Waals surface area contributed by atoms with Crippen LogP contribution in [0.3, 0.4) is 0 Å². The minimum Gasteiger partial charge on any atom is -0.354 e. The molecule has 144 valence electrons. The molecule has 0 fully saturated rings. The largest absolute Gasteiger partial charge is 0.354 e. The van der Waals surface area contributed by atoms with Crippen LogP contribution in [0.4, 0.5) is 4.39 Å². The molecule has 3 aromatic carbocycles. The minimum absolute atomic E-state index is 0.312. The Balaban J connectivity index is 1.78. The van der Waals surface area contributed by atoms with Gasteiger partial charge in [-0.1, -0.05) is 48.0 Å². The van der Waals surface area contributed by atoms with Crippen molar-refractivity contribution in [1.29, 1.82) is 5.26 Å². The van der Waals surface area contributed by atoms with E-state index in [1.807, 2.05) is 53.9 Å². The zero-order chi connectivity index (χ0) is 20.7. The summed E-state index contributed by atoms with van der Waals surface area (Å²) in [6.07, 6.45) is 0. The average Bonchev–Trinajstić information content (AvgIpc) is 3.37. The second-order valence-corrected chi connectivity index (χ2v) is 8.22. The molecule has 0 atom stereocenters. The number of aromatic amines is 1. The Bertz CT molecular complexity index is 1440. The molecule has 2 heterocycles. The number of halogens is 2. The summed E-state index contributed by atoms with van der Waals surface area (Å²) in [6.45, 7) is 0. The molecular weight excluding hydrogens is 415 g/mol. The van der Waals surface area contributed by atoms with Gasteiger partial charge in [-0.3, -0.25) is 0 Å². The molecule has 1 N–H and O–H groups in total. The van der Waals surface area contributed by atoms with E-state index in [-0.39, 0.29) is 5.82 Å². The van der Waals surface area contributed by atoms with Crippen molar-refractivity contribution in [2.24, 2.45) is 0 Å². The van der Waals surface area contributed by atoms with Gasteiger partial charge < -0.3 is 4.98 Å². The number of hydrogen-bond acceptors (Lipinski definition) is 2. The highest BCUT2D eigenvalue weighted by Gasteiger charge is 2.19. The molecule has 0 spiro atoms.